The molecule has 1 heterocycles. The van der Waals surface area contributed by atoms with E-state index in [1.54, 1.807) is 0 Å². The number of allylic oxidation sites excluding steroid dienone is 3. The van der Waals surface area contributed by atoms with Gasteiger partial charge in [-0.05, 0) is 58.7 Å². The van der Waals surface area contributed by atoms with Crippen molar-refractivity contribution in [3.05, 3.63) is 116 Å². The van der Waals surface area contributed by atoms with Crippen molar-refractivity contribution in [1.82, 2.24) is 0 Å². The van der Waals surface area contributed by atoms with Gasteiger partial charge < -0.3 is 0 Å². The quantitative estimate of drug-likeness (QED) is 0.243. The Kier molecular flexibility index (Phi) is 5.38. The van der Waals surface area contributed by atoms with E-state index in [4.69, 9.17) is 0 Å². The van der Waals surface area contributed by atoms with E-state index >= 15 is 0 Å². The van der Waals surface area contributed by atoms with E-state index in [0.29, 0.717) is 0 Å². The van der Waals surface area contributed by atoms with Crippen molar-refractivity contribution < 1.29 is 18.4 Å². The predicted octanol–water partition coefficient (Wildman–Crippen LogP) is 6.91. The third-order valence-corrected chi connectivity index (χ3v) is 8.13. The molecule has 1 saturated carbocycles. The Morgan fingerprint density at radius 2 is 1.11 bits per heavy atom. The fourth-order valence-corrected chi connectivity index (χ4v) is 6.28. The van der Waals surface area contributed by atoms with Crippen LogP contribution in [0.15, 0.2) is 93.4 Å². The van der Waals surface area contributed by atoms with Crippen LogP contribution in [0.5, 0.6) is 0 Å². The van der Waals surface area contributed by atoms with Gasteiger partial charge in [-0.2, -0.15) is 0 Å². The monoisotopic (exact) mass is 595 g/mol. The van der Waals surface area contributed by atoms with E-state index in [0.717, 1.165) is 54.3 Å². The Labute approximate surface area is 217 Å². The third kappa shape index (κ3) is 3.55. The Morgan fingerprint density at radius 3 is 1.54 bits per heavy atom. The van der Waals surface area contributed by atoms with Crippen molar-refractivity contribution in [2.75, 3.05) is 4.90 Å². The highest BCUT2D eigenvalue weighted by molar-refractivity contribution is 9.10. The molecule has 0 N–H and O–H groups in total. The topological polar surface area (TPSA) is 37.4 Å². The Balaban J connectivity index is 1.49. The lowest BCUT2D eigenvalue weighted by Crippen LogP contribution is -2.33. The summed E-state index contributed by atoms with van der Waals surface area (Å²) in [6.45, 7) is 0. The summed E-state index contributed by atoms with van der Waals surface area (Å²) in [7, 11) is 0. The fourth-order valence-electron chi connectivity index (χ4n) is 5.75. The van der Waals surface area contributed by atoms with Gasteiger partial charge in [0.15, 0.2) is 0 Å². The third-order valence-electron chi connectivity index (χ3n) is 7.08. The average Bonchev–Trinajstić information content (AvgIpc) is 3.45. The van der Waals surface area contributed by atoms with Crippen LogP contribution in [0, 0.1) is 35.3 Å². The van der Waals surface area contributed by atoms with E-state index in [-0.39, 0.29) is 17.5 Å². The second kappa shape index (κ2) is 8.35. The lowest BCUT2D eigenvalue weighted by Gasteiger charge is -2.22. The molecule has 0 unspecified atom stereocenters. The largest absolute Gasteiger partial charge is 0.274 e. The van der Waals surface area contributed by atoms with Gasteiger partial charge in [0.1, 0.15) is 11.6 Å². The molecule has 3 aromatic rings. The first-order valence-corrected chi connectivity index (χ1v) is 12.7. The summed E-state index contributed by atoms with van der Waals surface area (Å²) in [5.74, 6) is -4.21. The molecule has 1 saturated heterocycles. The minimum Gasteiger partial charge on any atom is -0.274 e. The minimum atomic E-state index is -0.827. The van der Waals surface area contributed by atoms with Gasteiger partial charge in [-0.15, -0.1) is 0 Å². The summed E-state index contributed by atoms with van der Waals surface area (Å²) in [6, 6.07) is 18.7. The summed E-state index contributed by atoms with van der Waals surface area (Å²) in [4.78, 5) is 28.0. The molecule has 0 radical (unpaired) electrons. The molecule has 0 spiro atoms. The number of amides is 2. The normalized spacial score (nSPS) is 24.5. The predicted molar refractivity (Wildman–Crippen MR) is 136 cm³/mol. The van der Waals surface area contributed by atoms with Gasteiger partial charge in [-0.25, -0.2) is 13.7 Å². The molecule has 6 rings (SSSR count). The number of anilines is 1. The van der Waals surface area contributed by atoms with Crippen molar-refractivity contribution in [2.24, 2.45) is 23.7 Å². The maximum Gasteiger partial charge on any atom is 0.238 e. The summed E-state index contributed by atoms with van der Waals surface area (Å²) in [5, 5.41) is 0. The molecule has 3 nitrogen and oxygen atoms in total. The minimum absolute atomic E-state index is 0.0575. The fraction of sp³-hybridized carbons (Fsp3) is 0.143. The first-order chi connectivity index (χ1) is 16.8. The number of rotatable bonds is 3. The molecule has 1 aliphatic heterocycles. The van der Waals surface area contributed by atoms with Crippen LogP contribution >= 0.6 is 31.9 Å². The second-order valence-electron chi connectivity index (χ2n) is 8.97. The van der Waals surface area contributed by atoms with Crippen LogP contribution in [0.2, 0.25) is 0 Å². The molecule has 2 fully saturated rings. The standard InChI is InChI=1S/C28H17Br2F2NO2/c29-16-5-1-14(2-6-16)23(15-3-7-17(30)8-4-15)24-21-9-10-22(24)26-25(21)27(34)33(28(26)35)20-12-18(31)11-19(32)13-20/h1-13,21-22,25-26H/t21-,22-,25-,26+/m0/s1. The first-order valence-electron chi connectivity index (χ1n) is 11.1. The average molecular weight is 597 g/mol. The van der Waals surface area contributed by atoms with E-state index in [1.807, 2.05) is 60.7 Å². The lowest BCUT2D eigenvalue weighted by atomic mass is 9.85. The number of halogens is 4. The maximum atomic E-state index is 13.9. The van der Waals surface area contributed by atoms with Crippen LogP contribution in [0.25, 0.3) is 5.57 Å². The van der Waals surface area contributed by atoms with E-state index in [9.17, 15) is 18.4 Å². The van der Waals surface area contributed by atoms with Crippen LogP contribution in [-0.4, -0.2) is 11.8 Å². The van der Waals surface area contributed by atoms with Crippen LogP contribution in [0.4, 0.5) is 14.5 Å². The summed E-state index contributed by atoms with van der Waals surface area (Å²) in [6.07, 6.45) is 4.00. The van der Waals surface area contributed by atoms with Gasteiger partial charge in [-0.1, -0.05) is 68.3 Å². The highest BCUT2D eigenvalue weighted by Gasteiger charge is 2.62. The number of hydrogen-bond acceptors (Lipinski definition) is 2. The molecule has 2 bridgehead atoms. The maximum absolute atomic E-state index is 13.9. The number of benzene rings is 3. The van der Waals surface area contributed by atoms with Gasteiger partial charge in [-0.3, -0.25) is 9.59 Å². The molecule has 2 aliphatic carbocycles. The van der Waals surface area contributed by atoms with E-state index < -0.39 is 35.3 Å². The lowest BCUT2D eigenvalue weighted by molar-refractivity contribution is -0.122. The molecule has 2 amide bonds. The molecule has 35 heavy (non-hydrogen) atoms. The van der Waals surface area contributed by atoms with E-state index in [1.165, 1.54) is 0 Å². The summed E-state index contributed by atoms with van der Waals surface area (Å²) >= 11 is 6.98. The Hall–Kier alpha value is -2.90. The smallest absolute Gasteiger partial charge is 0.238 e. The van der Waals surface area contributed by atoms with Crippen LogP contribution in [-0.2, 0) is 9.59 Å². The Bertz CT molecular complexity index is 1350. The molecule has 3 aromatic carbocycles. The zero-order chi connectivity index (χ0) is 24.4. The van der Waals surface area contributed by atoms with Crippen LogP contribution in [0.1, 0.15) is 11.1 Å². The number of imide groups is 1. The molecule has 7 heteroatoms. The molecule has 174 valence electrons. The summed E-state index contributed by atoms with van der Waals surface area (Å²) in [5.41, 5.74) is 3.97. The van der Waals surface area contributed by atoms with Gasteiger partial charge in [0.25, 0.3) is 0 Å². The summed E-state index contributed by atoms with van der Waals surface area (Å²) < 4.78 is 29.7. The highest BCUT2D eigenvalue weighted by atomic mass is 79.9. The van der Waals surface area contributed by atoms with Crippen molar-refractivity contribution in [3.63, 3.8) is 0 Å². The van der Waals surface area contributed by atoms with Gasteiger partial charge in [0.2, 0.25) is 11.8 Å². The highest BCUT2D eigenvalue weighted by Crippen LogP contribution is 2.59. The zero-order valence-electron chi connectivity index (χ0n) is 18.1. The van der Waals surface area contributed by atoms with Gasteiger partial charge in [0, 0.05) is 26.8 Å². The SMILES string of the molecule is O=C1[C@@H]2[C@H](C(=O)N1c1cc(F)cc(F)c1)[C@H]1C=C[C@H]2C1=C(c1ccc(Br)cc1)c1ccc(Br)cc1. The number of carbonyl (C=O) groups excluding carboxylic acids is 2. The van der Waals surface area contributed by atoms with Crippen molar-refractivity contribution in [3.8, 4) is 0 Å². The van der Waals surface area contributed by atoms with Gasteiger partial charge in [0.05, 0.1) is 17.5 Å². The molecular formula is C28H17Br2F2NO2. The molecule has 4 atom stereocenters. The second-order valence-corrected chi connectivity index (χ2v) is 10.8. The Morgan fingerprint density at radius 1 is 0.686 bits per heavy atom. The molecule has 0 aromatic heterocycles. The van der Waals surface area contributed by atoms with Gasteiger partial charge >= 0.3 is 0 Å². The number of hydrogen-bond donors (Lipinski definition) is 0. The van der Waals surface area contributed by atoms with Crippen LogP contribution in [0.3, 0.4) is 0 Å². The van der Waals surface area contributed by atoms with E-state index in [2.05, 4.69) is 31.9 Å². The number of carbonyl (C=O) groups is 2. The molecule has 3 aliphatic rings. The van der Waals surface area contributed by atoms with Crippen molar-refractivity contribution in [1.29, 1.82) is 0 Å². The first kappa shape index (κ1) is 22.6. The molecular weight excluding hydrogens is 580 g/mol. The zero-order valence-corrected chi connectivity index (χ0v) is 21.3. The van der Waals surface area contributed by atoms with Crippen LogP contribution < -0.4 is 4.90 Å². The van der Waals surface area contributed by atoms with Crippen molar-refractivity contribution in [2.45, 2.75) is 0 Å². The number of fused-ring (bicyclic) bond motifs is 5. The number of nitrogens with zero attached hydrogens (tertiary/aromatic N) is 1. The van der Waals surface area contributed by atoms with Crippen molar-refractivity contribution >= 4 is 54.9 Å².